The van der Waals surface area contributed by atoms with Gasteiger partial charge in [0, 0.05) is 19.6 Å². The highest BCUT2D eigenvalue weighted by Crippen LogP contribution is 2.29. The van der Waals surface area contributed by atoms with E-state index in [1.807, 2.05) is 54.4 Å². The Hall–Kier alpha value is -2.53. The number of likely N-dealkylation sites (tertiary alicyclic amines) is 1. The van der Waals surface area contributed by atoms with Crippen molar-refractivity contribution in [3.63, 3.8) is 0 Å². The van der Waals surface area contributed by atoms with Crippen LogP contribution in [0.3, 0.4) is 0 Å². The van der Waals surface area contributed by atoms with E-state index in [2.05, 4.69) is 11.0 Å². The molecule has 0 aromatic heterocycles. The average molecular weight is 383 g/mol. The molecule has 1 aliphatic heterocycles. The summed E-state index contributed by atoms with van der Waals surface area (Å²) in [4.78, 5) is 17.4. The Labute approximate surface area is 167 Å². The van der Waals surface area contributed by atoms with Gasteiger partial charge in [0.2, 0.25) is 5.91 Å². The fraction of sp³-hybridized carbons (Fsp3) is 0.435. The summed E-state index contributed by atoms with van der Waals surface area (Å²) >= 11 is 0. The number of rotatable bonds is 8. The van der Waals surface area contributed by atoms with Crippen molar-refractivity contribution >= 4 is 5.91 Å². The van der Waals surface area contributed by atoms with Crippen LogP contribution >= 0.6 is 0 Å². The molecule has 1 aliphatic rings. The van der Waals surface area contributed by atoms with Gasteiger partial charge < -0.3 is 14.4 Å². The number of methoxy groups -OCH3 is 2. The van der Waals surface area contributed by atoms with E-state index >= 15 is 0 Å². The van der Waals surface area contributed by atoms with Crippen LogP contribution in [0.4, 0.5) is 0 Å². The fourth-order valence-corrected chi connectivity index (χ4v) is 3.80. The zero-order chi connectivity index (χ0) is 19.9. The number of amides is 1. The maximum absolute atomic E-state index is 13.2. The van der Waals surface area contributed by atoms with Gasteiger partial charge in [-0.3, -0.25) is 9.69 Å². The average Bonchev–Trinajstić information content (AvgIpc) is 3.28. The van der Waals surface area contributed by atoms with Gasteiger partial charge in [-0.15, -0.1) is 0 Å². The van der Waals surface area contributed by atoms with Gasteiger partial charge in [-0.2, -0.15) is 0 Å². The second kappa shape index (κ2) is 9.60. The Balaban J connectivity index is 1.74. The van der Waals surface area contributed by atoms with Crippen LogP contribution in [0.2, 0.25) is 0 Å². The minimum Gasteiger partial charge on any atom is -0.493 e. The van der Waals surface area contributed by atoms with E-state index in [0.29, 0.717) is 0 Å². The quantitative estimate of drug-likeness (QED) is 0.700. The lowest BCUT2D eigenvalue weighted by Crippen LogP contribution is -2.41. The molecule has 1 fully saturated rings. The van der Waals surface area contributed by atoms with Crippen molar-refractivity contribution in [1.29, 1.82) is 0 Å². The molecular formula is C23H30N2O3. The molecule has 1 atom stereocenters. The first-order chi connectivity index (χ1) is 13.6. The molecule has 0 spiro atoms. The highest BCUT2D eigenvalue weighted by Gasteiger charge is 2.30. The monoisotopic (exact) mass is 382 g/mol. The predicted octanol–water partition coefficient (Wildman–Crippen LogP) is 3.54. The molecule has 28 heavy (non-hydrogen) atoms. The van der Waals surface area contributed by atoms with Gasteiger partial charge >= 0.3 is 0 Å². The Kier molecular flexibility index (Phi) is 6.93. The molecule has 0 unspecified atom stereocenters. The van der Waals surface area contributed by atoms with Gasteiger partial charge in [-0.1, -0.05) is 36.4 Å². The molecule has 1 amide bonds. The van der Waals surface area contributed by atoms with Crippen LogP contribution in [-0.4, -0.2) is 56.6 Å². The normalized spacial score (nSPS) is 14.9. The number of hydrogen-bond acceptors (Lipinski definition) is 4. The van der Waals surface area contributed by atoms with Crippen LogP contribution in [0.25, 0.3) is 0 Å². The van der Waals surface area contributed by atoms with Crippen molar-refractivity contribution < 1.29 is 14.3 Å². The number of nitrogens with zero attached hydrogens (tertiary/aromatic N) is 2. The van der Waals surface area contributed by atoms with Crippen LogP contribution in [0.15, 0.2) is 48.5 Å². The molecule has 0 saturated carbocycles. The van der Waals surface area contributed by atoms with Gasteiger partial charge in [0.15, 0.2) is 11.5 Å². The number of ether oxygens (including phenoxy) is 2. The van der Waals surface area contributed by atoms with Crippen molar-refractivity contribution in [2.75, 3.05) is 40.9 Å². The first-order valence-electron chi connectivity index (χ1n) is 9.89. The third kappa shape index (κ3) is 4.65. The van der Waals surface area contributed by atoms with Crippen LogP contribution in [0.5, 0.6) is 11.5 Å². The van der Waals surface area contributed by atoms with Crippen molar-refractivity contribution in [2.45, 2.75) is 25.3 Å². The van der Waals surface area contributed by atoms with Gasteiger partial charge in [-0.05, 0) is 49.6 Å². The highest BCUT2D eigenvalue weighted by molar-refractivity contribution is 5.83. The molecule has 0 aliphatic carbocycles. The van der Waals surface area contributed by atoms with E-state index in [1.165, 1.54) is 0 Å². The third-order valence-electron chi connectivity index (χ3n) is 5.41. The lowest BCUT2D eigenvalue weighted by atomic mass is 10.0. The number of hydrogen-bond donors (Lipinski definition) is 0. The van der Waals surface area contributed by atoms with E-state index in [-0.39, 0.29) is 11.9 Å². The maximum Gasteiger partial charge on any atom is 0.244 e. The summed E-state index contributed by atoms with van der Waals surface area (Å²) < 4.78 is 10.7. The van der Waals surface area contributed by atoms with Crippen LogP contribution in [-0.2, 0) is 11.2 Å². The topological polar surface area (TPSA) is 42.0 Å². The zero-order valence-corrected chi connectivity index (χ0v) is 17.1. The first kappa shape index (κ1) is 20.2. The maximum atomic E-state index is 13.2. The molecule has 5 nitrogen and oxygen atoms in total. The minimum atomic E-state index is -0.251. The zero-order valence-electron chi connectivity index (χ0n) is 17.1. The van der Waals surface area contributed by atoms with Crippen molar-refractivity contribution in [1.82, 2.24) is 9.80 Å². The van der Waals surface area contributed by atoms with E-state index in [1.54, 1.807) is 14.2 Å². The standard InChI is InChI=1S/C23H30N2O3/c1-24(16-13-18-11-12-20(27-2)21(17-18)28-3)22(19-9-5-4-6-10-19)23(26)25-14-7-8-15-25/h4-6,9-12,17,22H,7-8,13-16H2,1-3H3/t22-/m0/s1. The van der Waals surface area contributed by atoms with E-state index in [0.717, 1.165) is 61.5 Å². The van der Waals surface area contributed by atoms with E-state index in [4.69, 9.17) is 9.47 Å². The number of benzene rings is 2. The minimum absolute atomic E-state index is 0.207. The number of carbonyl (C=O) groups excluding carboxylic acids is 1. The first-order valence-corrected chi connectivity index (χ1v) is 9.89. The Bertz CT molecular complexity index is 773. The SMILES string of the molecule is COc1ccc(CCN(C)[C@H](C(=O)N2CCCC2)c2ccccc2)cc1OC. The summed E-state index contributed by atoms with van der Waals surface area (Å²) in [6, 6.07) is 15.8. The van der Waals surface area contributed by atoms with E-state index in [9.17, 15) is 4.79 Å². The lowest BCUT2D eigenvalue weighted by molar-refractivity contribution is -0.135. The molecule has 0 radical (unpaired) electrons. The molecule has 2 aromatic rings. The molecule has 0 N–H and O–H groups in total. The summed E-state index contributed by atoms with van der Waals surface area (Å²) in [6.07, 6.45) is 3.03. The molecule has 1 saturated heterocycles. The highest BCUT2D eigenvalue weighted by atomic mass is 16.5. The Morgan fingerprint density at radius 1 is 1.04 bits per heavy atom. The molecule has 1 heterocycles. The van der Waals surface area contributed by atoms with Gasteiger partial charge in [0.05, 0.1) is 14.2 Å². The summed E-state index contributed by atoms with van der Waals surface area (Å²) in [6.45, 7) is 2.51. The Morgan fingerprint density at radius 2 is 1.71 bits per heavy atom. The second-order valence-corrected chi connectivity index (χ2v) is 7.27. The lowest BCUT2D eigenvalue weighted by Gasteiger charge is -2.31. The van der Waals surface area contributed by atoms with Crippen LogP contribution in [0, 0.1) is 0 Å². The summed E-state index contributed by atoms with van der Waals surface area (Å²) in [5, 5.41) is 0. The van der Waals surface area contributed by atoms with Crippen molar-refractivity contribution in [2.24, 2.45) is 0 Å². The molecule has 3 rings (SSSR count). The predicted molar refractivity (Wildman–Crippen MR) is 111 cm³/mol. The summed E-state index contributed by atoms with van der Waals surface area (Å²) in [7, 11) is 5.32. The largest absolute Gasteiger partial charge is 0.493 e. The fourth-order valence-electron chi connectivity index (χ4n) is 3.80. The molecule has 5 heteroatoms. The summed E-state index contributed by atoms with van der Waals surface area (Å²) in [5.74, 6) is 1.67. The smallest absolute Gasteiger partial charge is 0.244 e. The molecule has 0 bridgehead atoms. The molecule has 150 valence electrons. The van der Waals surface area contributed by atoms with Gasteiger partial charge in [0.25, 0.3) is 0 Å². The van der Waals surface area contributed by atoms with Crippen molar-refractivity contribution in [3.05, 3.63) is 59.7 Å². The molecule has 2 aromatic carbocycles. The second-order valence-electron chi connectivity index (χ2n) is 7.27. The number of likely N-dealkylation sites (N-methyl/N-ethyl adjacent to an activating group) is 1. The Morgan fingerprint density at radius 3 is 2.36 bits per heavy atom. The third-order valence-corrected chi connectivity index (χ3v) is 5.41. The summed E-state index contributed by atoms with van der Waals surface area (Å²) in [5.41, 5.74) is 2.21. The number of carbonyl (C=O) groups is 1. The molecular weight excluding hydrogens is 352 g/mol. The van der Waals surface area contributed by atoms with Crippen LogP contribution < -0.4 is 9.47 Å². The van der Waals surface area contributed by atoms with Crippen LogP contribution in [0.1, 0.15) is 30.0 Å². The van der Waals surface area contributed by atoms with Gasteiger partial charge in [-0.25, -0.2) is 0 Å². The van der Waals surface area contributed by atoms with Crippen molar-refractivity contribution in [3.8, 4) is 11.5 Å². The van der Waals surface area contributed by atoms with E-state index < -0.39 is 0 Å². The van der Waals surface area contributed by atoms with Gasteiger partial charge in [0.1, 0.15) is 6.04 Å².